The van der Waals surface area contributed by atoms with Gasteiger partial charge in [0, 0.05) is 23.9 Å². The maximum absolute atomic E-state index is 13.2. The van der Waals surface area contributed by atoms with Gasteiger partial charge in [0.2, 0.25) is 0 Å². The van der Waals surface area contributed by atoms with E-state index in [1.165, 1.54) is 18.2 Å². The van der Waals surface area contributed by atoms with E-state index < -0.39 is 5.92 Å². The molecule has 0 spiro atoms. The van der Waals surface area contributed by atoms with E-state index in [1.54, 1.807) is 18.3 Å². The molecule has 1 unspecified atom stereocenters. The van der Waals surface area contributed by atoms with Crippen LogP contribution in [-0.2, 0) is 16.0 Å². The monoisotopic (exact) mass is 385 g/mol. The van der Waals surface area contributed by atoms with E-state index in [-0.39, 0.29) is 17.4 Å². The quantitative estimate of drug-likeness (QED) is 0.600. The summed E-state index contributed by atoms with van der Waals surface area (Å²) in [7, 11) is 0. The SMILES string of the molecule is Cc1cc(-c2ccc(F)cc2)cc(C)c1C1C(=O)C=C(Cc2ccccn2)C1=O. The van der Waals surface area contributed by atoms with Crippen LogP contribution in [0.25, 0.3) is 11.1 Å². The summed E-state index contributed by atoms with van der Waals surface area (Å²) in [5.74, 6) is -1.41. The van der Waals surface area contributed by atoms with Crippen molar-refractivity contribution in [2.24, 2.45) is 0 Å². The molecule has 0 radical (unpaired) electrons. The molecule has 4 heteroatoms. The minimum Gasteiger partial charge on any atom is -0.294 e. The van der Waals surface area contributed by atoms with Gasteiger partial charge in [0.1, 0.15) is 11.7 Å². The van der Waals surface area contributed by atoms with E-state index in [0.717, 1.165) is 33.5 Å². The average molecular weight is 385 g/mol. The molecule has 0 bridgehead atoms. The summed E-state index contributed by atoms with van der Waals surface area (Å²) in [5.41, 5.74) is 5.61. The highest BCUT2D eigenvalue weighted by Crippen LogP contribution is 2.36. The molecule has 3 aromatic rings. The standard InChI is InChI=1S/C25H20FNO2/c1-15-11-18(17-6-8-20(26)9-7-17)12-16(2)23(15)24-22(28)14-19(25(24)29)13-21-5-3-4-10-27-21/h3-12,14,24H,13H2,1-2H3. The minimum atomic E-state index is -0.795. The number of nitrogens with zero attached hydrogens (tertiary/aromatic N) is 1. The van der Waals surface area contributed by atoms with Crippen molar-refractivity contribution in [3.05, 3.63) is 101 Å². The number of rotatable bonds is 4. The van der Waals surface area contributed by atoms with Crippen LogP contribution in [0.4, 0.5) is 4.39 Å². The van der Waals surface area contributed by atoms with Gasteiger partial charge in [-0.2, -0.15) is 0 Å². The minimum absolute atomic E-state index is 0.151. The maximum atomic E-state index is 13.2. The number of carbonyl (C=O) groups excluding carboxylic acids is 2. The molecule has 0 saturated carbocycles. The van der Waals surface area contributed by atoms with E-state index in [0.29, 0.717) is 12.0 Å². The Hall–Kier alpha value is -3.40. The van der Waals surface area contributed by atoms with Gasteiger partial charge in [0.05, 0.1) is 0 Å². The highest BCUT2D eigenvalue weighted by atomic mass is 19.1. The topological polar surface area (TPSA) is 47.0 Å². The second-order valence-corrected chi connectivity index (χ2v) is 7.40. The fourth-order valence-electron chi connectivity index (χ4n) is 3.99. The lowest BCUT2D eigenvalue weighted by Crippen LogP contribution is -2.18. The van der Waals surface area contributed by atoms with Crippen LogP contribution in [0, 0.1) is 19.7 Å². The Morgan fingerprint density at radius 3 is 2.24 bits per heavy atom. The fourth-order valence-corrected chi connectivity index (χ4v) is 3.99. The molecule has 1 atom stereocenters. The first-order valence-corrected chi connectivity index (χ1v) is 9.49. The molecule has 1 aromatic heterocycles. The molecule has 1 aliphatic rings. The van der Waals surface area contributed by atoms with Gasteiger partial charge in [-0.15, -0.1) is 0 Å². The van der Waals surface area contributed by atoms with E-state index in [4.69, 9.17) is 0 Å². The summed E-state index contributed by atoms with van der Waals surface area (Å²) in [4.78, 5) is 30.0. The predicted octanol–water partition coefficient (Wildman–Crippen LogP) is 4.91. The molecule has 1 heterocycles. The Balaban J connectivity index is 1.65. The van der Waals surface area contributed by atoms with Crippen molar-refractivity contribution in [2.45, 2.75) is 26.2 Å². The van der Waals surface area contributed by atoms with Gasteiger partial charge in [-0.05, 0) is 72.0 Å². The molecule has 1 aliphatic carbocycles. The van der Waals surface area contributed by atoms with E-state index in [1.807, 2.05) is 44.2 Å². The van der Waals surface area contributed by atoms with E-state index in [2.05, 4.69) is 4.98 Å². The number of benzene rings is 2. The van der Waals surface area contributed by atoms with Gasteiger partial charge in [-0.1, -0.05) is 30.3 Å². The Morgan fingerprint density at radius 1 is 0.931 bits per heavy atom. The van der Waals surface area contributed by atoms with Crippen molar-refractivity contribution < 1.29 is 14.0 Å². The highest BCUT2D eigenvalue weighted by Gasteiger charge is 2.37. The molecule has 0 saturated heterocycles. The number of halogens is 1. The maximum Gasteiger partial charge on any atom is 0.174 e. The summed E-state index contributed by atoms with van der Waals surface area (Å²) < 4.78 is 13.2. The Labute approximate surface area is 168 Å². The molecule has 0 aliphatic heterocycles. The summed E-state index contributed by atoms with van der Waals surface area (Å²) >= 11 is 0. The van der Waals surface area contributed by atoms with Crippen molar-refractivity contribution in [3.63, 3.8) is 0 Å². The number of Topliss-reactive ketones (excluding diaryl/α,β-unsaturated/α-hetero) is 1. The first kappa shape index (κ1) is 18.9. The Morgan fingerprint density at radius 2 is 1.62 bits per heavy atom. The van der Waals surface area contributed by atoms with Gasteiger partial charge in [0.25, 0.3) is 0 Å². The molecule has 2 aromatic carbocycles. The summed E-state index contributed by atoms with van der Waals surface area (Å²) in [5, 5.41) is 0. The fraction of sp³-hybridized carbons (Fsp3) is 0.160. The van der Waals surface area contributed by atoms with Gasteiger partial charge >= 0.3 is 0 Å². The molecule has 4 rings (SSSR count). The van der Waals surface area contributed by atoms with Crippen LogP contribution in [0.15, 0.2) is 72.4 Å². The number of aromatic nitrogens is 1. The van der Waals surface area contributed by atoms with Crippen LogP contribution in [-0.4, -0.2) is 16.6 Å². The molecule has 29 heavy (non-hydrogen) atoms. The number of hydrogen-bond acceptors (Lipinski definition) is 3. The zero-order valence-electron chi connectivity index (χ0n) is 16.3. The molecular weight excluding hydrogens is 365 g/mol. The summed E-state index contributed by atoms with van der Waals surface area (Å²) in [6.45, 7) is 3.82. The van der Waals surface area contributed by atoms with Gasteiger partial charge in [-0.3, -0.25) is 14.6 Å². The lowest BCUT2D eigenvalue weighted by atomic mass is 9.84. The van der Waals surface area contributed by atoms with Crippen LogP contribution in [0.2, 0.25) is 0 Å². The largest absolute Gasteiger partial charge is 0.294 e. The Kier molecular flexibility index (Phi) is 4.93. The van der Waals surface area contributed by atoms with Crippen molar-refractivity contribution in [2.75, 3.05) is 0 Å². The molecule has 3 nitrogen and oxygen atoms in total. The van der Waals surface area contributed by atoms with Crippen LogP contribution in [0.5, 0.6) is 0 Å². The van der Waals surface area contributed by atoms with E-state index in [9.17, 15) is 14.0 Å². The zero-order valence-corrected chi connectivity index (χ0v) is 16.3. The first-order chi connectivity index (χ1) is 13.9. The summed E-state index contributed by atoms with van der Waals surface area (Å²) in [6.07, 6.45) is 3.50. The van der Waals surface area contributed by atoms with Crippen LogP contribution < -0.4 is 0 Å². The normalized spacial score (nSPS) is 16.2. The number of aryl methyl sites for hydroxylation is 2. The van der Waals surface area contributed by atoms with Crippen molar-refractivity contribution in [1.82, 2.24) is 4.98 Å². The average Bonchev–Trinajstić information content (AvgIpc) is 2.96. The van der Waals surface area contributed by atoms with Crippen LogP contribution >= 0.6 is 0 Å². The van der Waals surface area contributed by atoms with Crippen molar-refractivity contribution in [3.8, 4) is 11.1 Å². The lowest BCUT2D eigenvalue weighted by Gasteiger charge is -2.17. The third-order valence-electron chi connectivity index (χ3n) is 5.34. The van der Waals surface area contributed by atoms with Gasteiger partial charge in [-0.25, -0.2) is 4.39 Å². The van der Waals surface area contributed by atoms with E-state index >= 15 is 0 Å². The Bertz CT molecular complexity index is 1110. The summed E-state index contributed by atoms with van der Waals surface area (Å²) in [6, 6.07) is 15.7. The third-order valence-corrected chi connectivity index (χ3v) is 5.34. The van der Waals surface area contributed by atoms with Crippen LogP contribution in [0.1, 0.15) is 28.3 Å². The van der Waals surface area contributed by atoms with Gasteiger partial charge < -0.3 is 0 Å². The smallest absolute Gasteiger partial charge is 0.174 e. The lowest BCUT2D eigenvalue weighted by molar-refractivity contribution is -0.122. The number of carbonyl (C=O) groups is 2. The second-order valence-electron chi connectivity index (χ2n) is 7.40. The first-order valence-electron chi connectivity index (χ1n) is 9.49. The molecular formula is C25H20FNO2. The molecule has 144 valence electrons. The number of allylic oxidation sites excluding steroid dienone is 2. The number of ketones is 2. The highest BCUT2D eigenvalue weighted by molar-refractivity contribution is 6.25. The second kappa shape index (κ2) is 7.55. The van der Waals surface area contributed by atoms with Crippen LogP contribution in [0.3, 0.4) is 0 Å². The van der Waals surface area contributed by atoms with Crippen molar-refractivity contribution in [1.29, 1.82) is 0 Å². The molecule has 0 N–H and O–H groups in total. The zero-order chi connectivity index (χ0) is 20.5. The molecule has 0 amide bonds. The van der Waals surface area contributed by atoms with Gasteiger partial charge in [0.15, 0.2) is 11.6 Å². The predicted molar refractivity (Wildman–Crippen MR) is 110 cm³/mol. The van der Waals surface area contributed by atoms with Crippen molar-refractivity contribution >= 4 is 11.6 Å². The number of hydrogen-bond donors (Lipinski definition) is 0. The number of pyridine rings is 1. The molecule has 0 fully saturated rings. The third kappa shape index (κ3) is 3.66.